The highest BCUT2D eigenvalue weighted by molar-refractivity contribution is 5.94. The molecule has 1 unspecified atom stereocenters. The molecule has 1 aliphatic heterocycles. The molecular weight excluding hydrogens is 336 g/mol. The number of amides is 1. The Morgan fingerprint density at radius 1 is 1.38 bits per heavy atom. The lowest BCUT2D eigenvalue weighted by Gasteiger charge is -2.30. The van der Waals surface area contributed by atoms with E-state index >= 15 is 0 Å². The number of ether oxygens (including phenoxy) is 2. The van der Waals surface area contributed by atoms with E-state index in [4.69, 9.17) is 14.0 Å². The SMILES string of the molecule is COc1ccc(OC)c(NC(=O)CN2CCCC(c3nc(C)no3)C2)c1. The normalized spacial score (nSPS) is 17.7. The fraction of sp³-hybridized carbons (Fsp3) is 0.500. The van der Waals surface area contributed by atoms with Crippen LogP contribution in [0, 0.1) is 6.92 Å². The van der Waals surface area contributed by atoms with Crippen molar-refractivity contribution < 1.29 is 18.8 Å². The van der Waals surface area contributed by atoms with Crippen molar-refractivity contribution >= 4 is 11.6 Å². The van der Waals surface area contributed by atoms with Crippen LogP contribution in [0.1, 0.15) is 30.5 Å². The molecule has 1 aromatic carbocycles. The molecule has 0 saturated carbocycles. The topological polar surface area (TPSA) is 89.7 Å². The second kappa shape index (κ2) is 8.18. The molecule has 8 heteroatoms. The third kappa shape index (κ3) is 4.32. The monoisotopic (exact) mass is 360 g/mol. The summed E-state index contributed by atoms with van der Waals surface area (Å²) in [6.07, 6.45) is 1.98. The summed E-state index contributed by atoms with van der Waals surface area (Å²) < 4.78 is 15.8. The van der Waals surface area contributed by atoms with Gasteiger partial charge in [-0.15, -0.1) is 0 Å². The molecule has 2 heterocycles. The van der Waals surface area contributed by atoms with Gasteiger partial charge in [-0.05, 0) is 38.4 Å². The van der Waals surface area contributed by atoms with Crippen LogP contribution in [0.15, 0.2) is 22.7 Å². The van der Waals surface area contributed by atoms with Crippen molar-refractivity contribution in [1.82, 2.24) is 15.0 Å². The summed E-state index contributed by atoms with van der Waals surface area (Å²) in [4.78, 5) is 18.9. The summed E-state index contributed by atoms with van der Waals surface area (Å²) in [5, 5.41) is 6.76. The van der Waals surface area contributed by atoms with Crippen LogP contribution in [-0.2, 0) is 4.79 Å². The van der Waals surface area contributed by atoms with E-state index < -0.39 is 0 Å². The number of nitrogens with zero attached hydrogens (tertiary/aromatic N) is 3. The van der Waals surface area contributed by atoms with E-state index in [-0.39, 0.29) is 11.8 Å². The Bertz CT molecular complexity index is 761. The molecule has 0 spiro atoms. The molecular formula is C18H24N4O4. The Kier molecular flexibility index (Phi) is 5.72. The Morgan fingerprint density at radius 2 is 2.23 bits per heavy atom. The van der Waals surface area contributed by atoms with Crippen LogP contribution in [0.4, 0.5) is 5.69 Å². The van der Waals surface area contributed by atoms with Gasteiger partial charge in [0.1, 0.15) is 11.5 Å². The van der Waals surface area contributed by atoms with Crippen molar-refractivity contribution in [3.63, 3.8) is 0 Å². The van der Waals surface area contributed by atoms with Crippen molar-refractivity contribution in [3.05, 3.63) is 29.9 Å². The quantitative estimate of drug-likeness (QED) is 0.845. The Morgan fingerprint density at radius 3 is 2.92 bits per heavy atom. The van der Waals surface area contributed by atoms with E-state index in [1.165, 1.54) is 0 Å². The van der Waals surface area contributed by atoms with Crippen molar-refractivity contribution in [1.29, 1.82) is 0 Å². The van der Waals surface area contributed by atoms with E-state index in [1.54, 1.807) is 32.4 Å². The number of piperidine rings is 1. The lowest BCUT2D eigenvalue weighted by molar-refractivity contribution is -0.117. The smallest absolute Gasteiger partial charge is 0.238 e. The van der Waals surface area contributed by atoms with Gasteiger partial charge in [0.2, 0.25) is 11.8 Å². The summed E-state index contributed by atoms with van der Waals surface area (Å²) in [7, 11) is 3.15. The summed E-state index contributed by atoms with van der Waals surface area (Å²) in [6.45, 7) is 3.70. The molecule has 3 rings (SSSR count). The number of hydrogen-bond donors (Lipinski definition) is 1. The minimum absolute atomic E-state index is 0.0982. The third-order valence-electron chi connectivity index (χ3n) is 4.45. The first-order valence-electron chi connectivity index (χ1n) is 8.63. The van der Waals surface area contributed by atoms with E-state index in [2.05, 4.69) is 20.4 Å². The summed E-state index contributed by atoms with van der Waals surface area (Å²) in [6, 6.07) is 5.30. The zero-order chi connectivity index (χ0) is 18.5. The number of likely N-dealkylation sites (tertiary alicyclic amines) is 1. The molecule has 26 heavy (non-hydrogen) atoms. The highest BCUT2D eigenvalue weighted by Crippen LogP contribution is 2.29. The van der Waals surface area contributed by atoms with Crippen LogP contribution in [0.2, 0.25) is 0 Å². The van der Waals surface area contributed by atoms with Gasteiger partial charge in [0.25, 0.3) is 0 Å². The van der Waals surface area contributed by atoms with Gasteiger partial charge in [0, 0.05) is 12.6 Å². The number of rotatable bonds is 6. The number of carbonyl (C=O) groups excluding carboxylic acids is 1. The zero-order valence-corrected chi connectivity index (χ0v) is 15.3. The number of benzene rings is 1. The summed E-state index contributed by atoms with van der Waals surface area (Å²) >= 11 is 0. The van der Waals surface area contributed by atoms with Crippen molar-refractivity contribution in [2.24, 2.45) is 0 Å². The van der Waals surface area contributed by atoms with Crippen molar-refractivity contribution in [2.75, 3.05) is 39.2 Å². The number of anilines is 1. The fourth-order valence-electron chi connectivity index (χ4n) is 3.18. The van der Waals surface area contributed by atoms with Crippen LogP contribution in [0.5, 0.6) is 11.5 Å². The van der Waals surface area contributed by atoms with Crippen LogP contribution >= 0.6 is 0 Å². The van der Waals surface area contributed by atoms with Gasteiger partial charge < -0.3 is 19.3 Å². The second-order valence-corrected chi connectivity index (χ2v) is 6.37. The maximum atomic E-state index is 12.5. The summed E-state index contributed by atoms with van der Waals surface area (Å²) in [5.41, 5.74) is 0.595. The lowest BCUT2D eigenvalue weighted by Crippen LogP contribution is -2.39. The number of aryl methyl sites for hydroxylation is 1. The predicted octanol–water partition coefficient (Wildman–Crippen LogP) is 2.21. The Hall–Kier alpha value is -2.61. The van der Waals surface area contributed by atoms with Gasteiger partial charge in [-0.2, -0.15) is 4.98 Å². The minimum atomic E-state index is -0.0982. The molecule has 1 N–H and O–H groups in total. The van der Waals surface area contributed by atoms with Gasteiger partial charge in [-0.25, -0.2) is 0 Å². The largest absolute Gasteiger partial charge is 0.497 e. The third-order valence-corrected chi connectivity index (χ3v) is 4.45. The highest BCUT2D eigenvalue weighted by Gasteiger charge is 2.26. The molecule has 1 saturated heterocycles. The standard InChI is InChI=1S/C18H24N4O4/c1-12-19-18(26-21-12)13-5-4-8-22(10-13)11-17(23)20-15-9-14(24-2)6-7-16(15)25-3/h6-7,9,13H,4-5,8,10-11H2,1-3H3,(H,20,23). The maximum absolute atomic E-state index is 12.5. The van der Waals surface area contributed by atoms with Gasteiger partial charge in [-0.1, -0.05) is 5.16 Å². The molecule has 1 aliphatic rings. The molecule has 8 nitrogen and oxygen atoms in total. The minimum Gasteiger partial charge on any atom is -0.497 e. The molecule has 0 aliphatic carbocycles. The summed E-state index contributed by atoms with van der Waals surface area (Å²) in [5.74, 6) is 2.62. The molecule has 1 fully saturated rings. The number of hydrogen-bond acceptors (Lipinski definition) is 7. The van der Waals surface area contributed by atoms with Gasteiger partial charge in [0.05, 0.1) is 32.4 Å². The molecule has 0 radical (unpaired) electrons. The molecule has 140 valence electrons. The first-order valence-corrected chi connectivity index (χ1v) is 8.63. The Balaban J connectivity index is 1.61. The maximum Gasteiger partial charge on any atom is 0.238 e. The number of nitrogens with one attached hydrogen (secondary N) is 1. The molecule has 1 aromatic heterocycles. The molecule has 0 bridgehead atoms. The average Bonchev–Trinajstić information content (AvgIpc) is 3.08. The van der Waals surface area contributed by atoms with E-state index in [0.717, 1.165) is 25.9 Å². The van der Waals surface area contributed by atoms with Gasteiger partial charge in [-0.3, -0.25) is 9.69 Å². The van der Waals surface area contributed by atoms with E-state index in [9.17, 15) is 4.79 Å². The Labute approximate surface area is 152 Å². The van der Waals surface area contributed by atoms with Crippen LogP contribution in [0.3, 0.4) is 0 Å². The predicted molar refractivity (Wildman–Crippen MR) is 95.6 cm³/mol. The van der Waals surface area contributed by atoms with Crippen LogP contribution in [-0.4, -0.2) is 54.8 Å². The fourth-order valence-corrected chi connectivity index (χ4v) is 3.18. The van der Waals surface area contributed by atoms with Crippen LogP contribution < -0.4 is 14.8 Å². The first kappa shape index (κ1) is 18.2. The van der Waals surface area contributed by atoms with Crippen molar-refractivity contribution in [3.8, 4) is 11.5 Å². The van der Waals surface area contributed by atoms with Crippen LogP contribution in [0.25, 0.3) is 0 Å². The number of aromatic nitrogens is 2. The van der Waals surface area contributed by atoms with E-state index in [1.807, 2.05) is 6.92 Å². The lowest BCUT2D eigenvalue weighted by atomic mass is 9.98. The first-order chi connectivity index (χ1) is 12.6. The number of methoxy groups -OCH3 is 2. The molecule has 1 amide bonds. The number of carbonyl (C=O) groups is 1. The molecule has 1 atom stereocenters. The van der Waals surface area contributed by atoms with Gasteiger partial charge in [0.15, 0.2) is 5.82 Å². The zero-order valence-electron chi connectivity index (χ0n) is 15.3. The van der Waals surface area contributed by atoms with Gasteiger partial charge >= 0.3 is 0 Å². The average molecular weight is 360 g/mol. The highest BCUT2D eigenvalue weighted by atomic mass is 16.5. The molecule has 2 aromatic rings. The second-order valence-electron chi connectivity index (χ2n) is 6.37. The van der Waals surface area contributed by atoms with E-state index in [0.29, 0.717) is 35.4 Å². The van der Waals surface area contributed by atoms with Crippen molar-refractivity contribution in [2.45, 2.75) is 25.7 Å².